The third kappa shape index (κ3) is 3.41. The molecule has 0 unspecified atom stereocenters. The first-order chi connectivity index (χ1) is 9.60. The molecule has 0 aromatic carbocycles. The lowest BCUT2D eigenvalue weighted by atomic mass is 10.3. The molecule has 0 aliphatic rings. The van der Waals surface area contributed by atoms with E-state index in [0.29, 0.717) is 18.5 Å². The van der Waals surface area contributed by atoms with E-state index in [9.17, 15) is 4.79 Å². The Morgan fingerprint density at radius 3 is 2.95 bits per heavy atom. The third-order valence-electron chi connectivity index (χ3n) is 2.88. The van der Waals surface area contributed by atoms with Crippen LogP contribution >= 0.6 is 0 Å². The maximum absolute atomic E-state index is 11.9. The van der Waals surface area contributed by atoms with Crippen LogP contribution in [0, 0.1) is 13.8 Å². The van der Waals surface area contributed by atoms with Gasteiger partial charge in [-0.3, -0.25) is 9.89 Å². The Morgan fingerprint density at radius 2 is 2.30 bits per heavy atom. The van der Waals surface area contributed by atoms with E-state index in [0.717, 1.165) is 17.1 Å². The van der Waals surface area contributed by atoms with E-state index >= 15 is 0 Å². The molecular weight excluding hydrogens is 260 g/mol. The summed E-state index contributed by atoms with van der Waals surface area (Å²) in [6.45, 7) is 3.88. The molecule has 0 aliphatic heterocycles. The van der Waals surface area contributed by atoms with Crippen molar-refractivity contribution in [2.24, 2.45) is 0 Å². The van der Waals surface area contributed by atoms with Gasteiger partial charge in [-0.25, -0.2) is 4.68 Å². The number of carbonyl (C=O) groups excluding carboxylic acids is 1. The van der Waals surface area contributed by atoms with Crippen molar-refractivity contribution >= 4 is 11.6 Å². The van der Waals surface area contributed by atoms with Crippen LogP contribution in [-0.2, 0) is 17.8 Å². The van der Waals surface area contributed by atoms with Gasteiger partial charge >= 0.3 is 0 Å². The second kappa shape index (κ2) is 6.29. The van der Waals surface area contributed by atoms with Crippen LogP contribution in [-0.4, -0.2) is 42.8 Å². The van der Waals surface area contributed by atoms with Gasteiger partial charge in [0.1, 0.15) is 6.54 Å². The van der Waals surface area contributed by atoms with Gasteiger partial charge in [-0.2, -0.15) is 5.10 Å². The standard InChI is InChI=1S/C12H18N6O2/c1-8-12(9(2)15-14-8)13-11(20)7-18-6-10(16-17-18)4-3-5-19/h6,19H,3-5,7H2,1-2H3,(H,13,20)(H,14,15). The molecule has 8 nitrogen and oxygen atoms in total. The summed E-state index contributed by atoms with van der Waals surface area (Å²) in [5.74, 6) is -0.184. The summed E-state index contributed by atoms with van der Waals surface area (Å²) >= 11 is 0. The number of aryl methyl sites for hydroxylation is 3. The molecule has 2 rings (SSSR count). The molecule has 20 heavy (non-hydrogen) atoms. The predicted molar refractivity (Wildman–Crippen MR) is 72.1 cm³/mol. The van der Waals surface area contributed by atoms with Gasteiger partial charge < -0.3 is 10.4 Å². The molecule has 0 radical (unpaired) electrons. The smallest absolute Gasteiger partial charge is 0.246 e. The third-order valence-corrected chi connectivity index (χ3v) is 2.88. The monoisotopic (exact) mass is 278 g/mol. The highest BCUT2D eigenvalue weighted by Crippen LogP contribution is 2.15. The minimum Gasteiger partial charge on any atom is -0.396 e. The summed E-state index contributed by atoms with van der Waals surface area (Å²) < 4.78 is 1.48. The number of rotatable bonds is 6. The van der Waals surface area contributed by atoms with Crippen molar-refractivity contribution in [3.8, 4) is 0 Å². The van der Waals surface area contributed by atoms with Crippen molar-refractivity contribution in [2.45, 2.75) is 33.2 Å². The van der Waals surface area contributed by atoms with Gasteiger partial charge in [0.2, 0.25) is 5.91 Å². The lowest BCUT2D eigenvalue weighted by Gasteiger charge is -2.04. The van der Waals surface area contributed by atoms with Crippen molar-refractivity contribution < 1.29 is 9.90 Å². The van der Waals surface area contributed by atoms with Crippen LogP contribution in [0.25, 0.3) is 0 Å². The highest BCUT2D eigenvalue weighted by molar-refractivity contribution is 5.91. The largest absolute Gasteiger partial charge is 0.396 e. The number of hydrogen-bond donors (Lipinski definition) is 3. The van der Waals surface area contributed by atoms with Gasteiger partial charge in [0.15, 0.2) is 0 Å². The van der Waals surface area contributed by atoms with Crippen LogP contribution in [0.5, 0.6) is 0 Å². The van der Waals surface area contributed by atoms with E-state index in [1.54, 1.807) is 6.20 Å². The Balaban J connectivity index is 1.93. The fourth-order valence-corrected chi connectivity index (χ4v) is 1.85. The van der Waals surface area contributed by atoms with E-state index in [-0.39, 0.29) is 19.1 Å². The minimum absolute atomic E-state index is 0.0934. The van der Waals surface area contributed by atoms with Gasteiger partial charge in [-0.15, -0.1) is 5.10 Å². The number of nitrogens with one attached hydrogen (secondary N) is 2. The summed E-state index contributed by atoms with van der Waals surface area (Å²) in [5.41, 5.74) is 3.04. The molecule has 8 heteroatoms. The molecule has 2 aromatic heterocycles. The molecular formula is C12H18N6O2. The van der Waals surface area contributed by atoms with Crippen LogP contribution in [0.2, 0.25) is 0 Å². The first-order valence-electron chi connectivity index (χ1n) is 6.41. The van der Waals surface area contributed by atoms with E-state index < -0.39 is 0 Å². The number of anilines is 1. The van der Waals surface area contributed by atoms with Crippen molar-refractivity contribution in [1.82, 2.24) is 25.2 Å². The lowest BCUT2D eigenvalue weighted by molar-refractivity contribution is -0.116. The van der Waals surface area contributed by atoms with Crippen LogP contribution in [0.1, 0.15) is 23.5 Å². The van der Waals surface area contributed by atoms with Crippen molar-refractivity contribution in [2.75, 3.05) is 11.9 Å². The van der Waals surface area contributed by atoms with E-state index in [2.05, 4.69) is 25.8 Å². The topological polar surface area (TPSA) is 109 Å². The van der Waals surface area contributed by atoms with Gasteiger partial charge in [0.05, 0.1) is 22.8 Å². The normalized spacial score (nSPS) is 10.8. The second-order valence-corrected chi connectivity index (χ2v) is 4.59. The molecule has 0 saturated heterocycles. The molecule has 108 valence electrons. The quantitative estimate of drug-likeness (QED) is 0.698. The molecule has 0 fully saturated rings. The fourth-order valence-electron chi connectivity index (χ4n) is 1.85. The number of H-pyrrole nitrogens is 1. The second-order valence-electron chi connectivity index (χ2n) is 4.59. The summed E-state index contributed by atoms with van der Waals surface area (Å²) in [5, 5.41) is 26.2. The molecule has 0 spiro atoms. The maximum atomic E-state index is 11.9. The summed E-state index contributed by atoms with van der Waals surface area (Å²) in [7, 11) is 0. The number of aromatic amines is 1. The van der Waals surface area contributed by atoms with Crippen molar-refractivity contribution in [1.29, 1.82) is 0 Å². The average Bonchev–Trinajstić information content (AvgIpc) is 2.98. The first-order valence-corrected chi connectivity index (χ1v) is 6.41. The number of amides is 1. The number of aliphatic hydroxyl groups excluding tert-OH is 1. The highest BCUT2D eigenvalue weighted by atomic mass is 16.2. The van der Waals surface area contributed by atoms with Gasteiger partial charge in [0, 0.05) is 12.8 Å². The SMILES string of the molecule is Cc1n[nH]c(C)c1NC(=O)Cn1cc(CCCO)nn1. The van der Waals surface area contributed by atoms with E-state index in [1.807, 2.05) is 13.8 Å². The molecule has 2 aromatic rings. The Hall–Kier alpha value is -2.22. The van der Waals surface area contributed by atoms with Crippen molar-refractivity contribution in [3.63, 3.8) is 0 Å². The zero-order chi connectivity index (χ0) is 14.5. The lowest BCUT2D eigenvalue weighted by Crippen LogP contribution is -2.19. The maximum Gasteiger partial charge on any atom is 0.246 e. The fraction of sp³-hybridized carbons (Fsp3) is 0.500. The van der Waals surface area contributed by atoms with Crippen LogP contribution in [0.3, 0.4) is 0 Å². The summed E-state index contributed by atoms with van der Waals surface area (Å²) in [6.07, 6.45) is 3.00. The highest BCUT2D eigenvalue weighted by Gasteiger charge is 2.11. The van der Waals surface area contributed by atoms with Crippen LogP contribution < -0.4 is 5.32 Å². The Kier molecular flexibility index (Phi) is 4.46. The van der Waals surface area contributed by atoms with E-state index in [4.69, 9.17) is 5.11 Å². The Bertz CT molecular complexity index is 569. The van der Waals surface area contributed by atoms with Gasteiger partial charge in [-0.05, 0) is 26.7 Å². The molecule has 2 heterocycles. The predicted octanol–water partition coefficient (Wildman–Crippen LogP) is 0.182. The number of hydrogen-bond acceptors (Lipinski definition) is 5. The first kappa shape index (κ1) is 14.2. The van der Waals surface area contributed by atoms with Gasteiger partial charge in [-0.1, -0.05) is 5.21 Å². The zero-order valence-corrected chi connectivity index (χ0v) is 11.6. The molecule has 3 N–H and O–H groups in total. The Morgan fingerprint density at radius 1 is 1.50 bits per heavy atom. The minimum atomic E-state index is -0.184. The number of nitrogens with zero attached hydrogens (tertiary/aromatic N) is 4. The van der Waals surface area contributed by atoms with Crippen LogP contribution in [0.4, 0.5) is 5.69 Å². The number of carbonyl (C=O) groups is 1. The Labute approximate surface area is 116 Å². The zero-order valence-electron chi connectivity index (χ0n) is 11.6. The summed E-state index contributed by atoms with van der Waals surface area (Å²) in [4.78, 5) is 11.9. The van der Waals surface area contributed by atoms with Crippen molar-refractivity contribution in [3.05, 3.63) is 23.3 Å². The molecule has 0 bridgehead atoms. The van der Waals surface area contributed by atoms with Gasteiger partial charge in [0.25, 0.3) is 0 Å². The molecule has 1 amide bonds. The molecule has 0 atom stereocenters. The number of aliphatic hydroxyl groups is 1. The average molecular weight is 278 g/mol. The molecule has 0 saturated carbocycles. The molecule has 0 aliphatic carbocycles. The van der Waals surface area contributed by atoms with Crippen LogP contribution in [0.15, 0.2) is 6.20 Å². The summed E-state index contributed by atoms with van der Waals surface area (Å²) in [6, 6.07) is 0. The number of aromatic nitrogens is 5. The van der Waals surface area contributed by atoms with E-state index in [1.165, 1.54) is 4.68 Å².